The number of nitrogens with zero attached hydrogens (tertiary/aromatic N) is 2. The van der Waals surface area contributed by atoms with E-state index in [1.165, 1.54) is 12.8 Å². The number of imidazole rings is 1. The normalized spacial score (nSPS) is 17.3. The Hall–Kier alpha value is -1.03. The first-order valence-electron chi connectivity index (χ1n) is 7.00. The Morgan fingerprint density at radius 2 is 2.17 bits per heavy atom. The van der Waals surface area contributed by atoms with Crippen LogP contribution < -0.4 is 5.32 Å². The van der Waals surface area contributed by atoms with Gasteiger partial charge < -0.3 is 14.6 Å². The summed E-state index contributed by atoms with van der Waals surface area (Å²) in [6.45, 7) is 10.3. The lowest BCUT2D eigenvalue weighted by Crippen LogP contribution is -2.21. The monoisotopic (exact) mass is 251 g/mol. The highest BCUT2D eigenvalue weighted by Crippen LogP contribution is 2.20. The molecule has 1 saturated heterocycles. The van der Waals surface area contributed by atoms with E-state index < -0.39 is 0 Å². The number of anilines is 1. The van der Waals surface area contributed by atoms with Crippen molar-refractivity contribution in [1.29, 1.82) is 0 Å². The lowest BCUT2D eigenvalue weighted by atomic mass is 10.0. The van der Waals surface area contributed by atoms with Crippen LogP contribution in [-0.2, 0) is 11.3 Å². The van der Waals surface area contributed by atoms with Crippen LogP contribution in [0.25, 0.3) is 0 Å². The number of aromatic nitrogens is 2. The molecule has 2 rings (SSSR count). The van der Waals surface area contributed by atoms with Gasteiger partial charge in [0, 0.05) is 32.5 Å². The molecule has 0 atom stereocenters. The third kappa shape index (κ3) is 3.73. The van der Waals surface area contributed by atoms with Crippen molar-refractivity contribution in [2.75, 3.05) is 25.1 Å². The largest absolute Gasteiger partial charge is 0.381 e. The molecule has 0 spiro atoms. The van der Waals surface area contributed by atoms with Crippen molar-refractivity contribution in [2.24, 2.45) is 11.8 Å². The second-order valence-corrected chi connectivity index (χ2v) is 5.69. The highest BCUT2D eigenvalue weighted by atomic mass is 16.5. The molecule has 1 aromatic heterocycles. The molecule has 1 fully saturated rings. The maximum atomic E-state index is 5.41. The van der Waals surface area contributed by atoms with Gasteiger partial charge in [0.05, 0.1) is 5.69 Å². The molecule has 0 aliphatic carbocycles. The minimum atomic E-state index is 0.638. The lowest BCUT2D eigenvalue weighted by Gasteiger charge is -2.23. The van der Waals surface area contributed by atoms with E-state index >= 15 is 0 Å². The SMILES string of the molecule is Cc1cn(CC2CCOCC2)c(NCC(C)C)n1. The van der Waals surface area contributed by atoms with E-state index in [1.807, 2.05) is 0 Å². The van der Waals surface area contributed by atoms with E-state index in [1.54, 1.807) is 0 Å². The van der Waals surface area contributed by atoms with Gasteiger partial charge in [-0.15, -0.1) is 0 Å². The van der Waals surface area contributed by atoms with Gasteiger partial charge in [0.25, 0.3) is 0 Å². The molecule has 18 heavy (non-hydrogen) atoms. The van der Waals surface area contributed by atoms with E-state index in [-0.39, 0.29) is 0 Å². The van der Waals surface area contributed by atoms with Crippen LogP contribution in [0.15, 0.2) is 6.20 Å². The average molecular weight is 251 g/mol. The van der Waals surface area contributed by atoms with Crippen LogP contribution >= 0.6 is 0 Å². The zero-order valence-corrected chi connectivity index (χ0v) is 11.8. The Labute approximate surface area is 110 Å². The molecule has 0 saturated carbocycles. The van der Waals surface area contributed by atoms with E-state index in [9.17, 15) is 0 Å². The molecule has 1 N–H and O–H groups in total. The van der Waals surface area contributed by atoms with Crippen molar-refractivity contribution < 1.29 is 4.74 Å². The van der Waals surface area contributed by atoms with Crippen LogP contribution in [-0.4, -0.2) is 29.3 Å². The summed E-state index contributed by atoms with van der Waals surface area (Å²) in [5, 5.41) is 3.44. The van der Waals surface area contributed by atoms with Crippen LogP contribution in [0.4, 0.5) is 5.95 Å². The van der Waals surface area contributed by atoms with Crippen molar-refractivity contribution in [3.8, 4) is 0 Å². The number of hydrogen-bond acceptors (Lipinski definition) is 3. The topological polar surface area (TPSA) is 39.1 Å². The van der Waals surface area contributed by atoms with Gasteiger partial charge in [0.1, 0.15) is 0 Å². The summed E-state index contributed by atoms with van der Waals surface area (Å²) >= 11 is 0. The Morgan fingerprint density at radius 1 is 1.44 bits per heavy atom. The van der Waals surface area contributed by atoms with E-state index in [0.717, 1.165) is 43.9 Å². The van der Waals surface area contributed by atoms with Crippen molar-refractivity contribution in [3.05, 3.63) is 11.9 Å². The van der Waals surface area contributed by atoms with Crippen LogP contribution in [0.5, 0.6) is 0 Å². The highest BCUT2D eigenvalue weighted by molar-refractivity contribution is 5.28. The fraction of sp³-hybridized carbons (Fsp3) is 0.786. The standard InChI is InChI=1S/C14H25N3O/c1-11(2)8-15-14-16-12(3)9-17(14)10-13-4-6-18-7-5-13/h9,11,13H,4-8,10H2,1-3H3,(H,15,16). The molecule has 1 aliphatic heterocycles. The summed E-state index contributed by atoms with van der Waals surface area (Å²) in [6, 6.07) is 0. The maximum absolute atomic E-state index is 5.41. The van der Waals surface area contributed by atoms with Crippen LogP contribution in [0, 0.1) is 18.8 Å². The van der Waals surface area contributed by atoms with Gasteiger partial charge in [-0.3, -0.25) is 0 Å². The van der Waals surface area contributed by atoms with Crippen molar-refractivity contribution in [1.82, 2.24) is 9.55 Å². The summed E-state index contributed by atoms with van der Waals surface area (Å²) in [7, 11) is 0. The van der Waals surface area contributed by atoms with Gasteiger partial charge in [0.2, 0.25) is 5.95 Å². The first kappa shape index (κ1) is 13.4. The minimum absolute atomic E-state index is 0.638. The molecule has 102 valence electrons. The van der Waals surface area contributed by atoms with Crippen LogP contribution in [0.2, 0.25) is 0 Å². The van der Waals surface area contributed by atoms with Crippen LogP contribution in [0.3, 0.4) is 0 Å². The summed E-state index contributed by atoms with van der Waals surface area (Å²) in [4.78, 5) is 4.57. The summed E-state index contributed by atoms with van der Waals surface area (Å²) in [5.74, 6) is 2.39. The molecular formula is C14H25N3O. The first-order chi connectivity index (χ1) is 8.65. The number of rotatable bonds is 5. The zero-order chi connectivity index (χ0) is 13.0. The zero-order valence-electron chi connectivity index (χ0n) is 11.8. The number of aryl methyl sites for hydroxylation is 1. The maximum Gasteiger partial charge on any atom is 0.203 e. The van der Waals surface area contributed by atoms with Crippen molar-refractivity contribution in [2.45, 2.75) is 40.2 Å². The van der Waals surface area contributed by atoms with Gasteiger partial charge in [-0.1, -0.05) is 13.8 Å². The van der Waals surface area contributed by atoms with Gasteiger partial charge in [-0.25, -0.2) is 4.98 Å². The molecule has 2 heterocycles. The molecular weight excluding hydrogens is 226 g/mol. The Balaban J connectivity index is 1.97. The van der Waals surface area contributed by atoms with Crippen LogP contribution in [0.1, 0.15) is 32.4 Å². The first-order valence-corrected chi connectivity index (χ1v) is 7.00. The Kier molecular flexibility index (Phi) is 4.64. The fourth-order valence-electron chi connectivity index (χ4n) is 2.33. The van der Waals surface area contributed by atoms with Gasteiger partial charge in [-0.05, 0) is 31.6 Å². The third-order valence-corrected chi connectivity index (χ3v) is 3.36. The van der Waals surface area contributed by atoms with E-state index in [0.29, 0.717) is 5.92 Å². The smallest absolute Gasteiger partial charge is 0.203 e. The van der Waals surface area contributed by atoms with Crippen molar-refractivity contribution >= 4 is 5.95 Å². The Bertz CT molecular complexity index is 367. The van der Waals surface area contributed by atoms with Gasteiger partial charge in [0.15, 0.2) is 0 Å². The molecule has 4 heteroatoms. The molecule has 1 aromatic rings. The third-order valence-electron chi connectivity index (χ3n) is 3.36. The molecule has 4 nitrogen and oxygen atoms in total. The van der Waals surface area contributed by atoms with E-state index in [4.69, 9.17) is 4.74 Å². The minimum Gasteiger partial charge on any atom is -0.381 e. The van der Waals surface area contributed by atoms with Gasteiger partial charge in [-0.2, -0.15) is 0 Å². The predicted molar refractivity (Wildman–Crippen MR) is 73.8 cm³/mol. The predicted octanol–water partition coefficient (Wildman–Crippen LogP) is 2.69. The summed E-state index contributed by atoms with van der Waals surface area (Å²) < 4.78 is 7.68. The average Bonchev–Trinajstić information content (AvgIpc) is 2.68. The molecule has 0 bridgehead atoms. The second kappa shape index (κ2) is 6.23. The highest BCUT2D eigenvalue weighted by Gasteiger charge is 2.16. The molecule has 0 radical (unpaired) electrons. The van der Waals surface area contributed by atoms with Gasteiger partial charge >= 0.3 is 0 Å². The fourth-order valence-corrected chi connectivity index (χ4v) is 2.33. The molecule has 0 unspecified atom stereocenters. The quantitative estimate of drug-likeness (QED) is 0.874. The number of hydrogen-bond donors (Lipinski definition) is 1. The molecule has 0 aromatic carbocycles. The van der Waals surface area contributed by atoms with Crippen molar-refractivity contribution in [3.63, 3.8) is 0 Å². The summed E-state index contributed by atoms with van der Waals surface area (Å²) in [6.07, 6.45) is 4.49. The number of nitrogens with one attached hydrogen (secondary N) is 1. The van der Waals surface area contributed by atoms with E-state index in [2.05, 4.69) is 41.8 Å². The summed E-state index contributed by atoms with van der Waals surface area (Å²) in [5.41, 5.74) is 1.09. The second-order valence-electron chi connectivity index (χ2n) is 5.69. The Morgan fingerprint density at radius 3 is 2.83 bits per heavy atom. The lowest BCUT2D eigenvalue weighted by molar-refractivity contribution is 0.0614. The molecule has 1 aliphatic rings. The number of ether oxygens (including phenoxy) is 1. The molecule has 0 amide bonds.